The van der Waals surface area contributed by atoms with Crippen molar-refractivity contribution < 1.29 is 14.3 Å². The van der Waals surface area contributed by atoms with Gasteiger partial charge in [-0.1, -0.05) is 6.92 Å². The molecule has 1 aromatic rings. The van der Waals surface area contributed by atoms with Crippen molar-refractivity contribution in [2.75, 3.05) is 25.6 Å². The lowest BCUT2D eigenvalue weighted by Gasteiger charge is -2.09. The summed E-state index contributed by atoms with van der Waals surface area (Å²) in [6.07, 6.45) is 2.36. The molecule has 1 aromatic heterocycles. The van der Waals surface area contributed by atoms with E-state index < -0.39 is 5.91 Å². The molecule has 1 heterocycles. The van der Waals surface area contributed by atoms with Crippen LogP contribution in [0.3, 0.4) is 0 Å². The van der Waals surface area contributed by atoms with Gasteiger partial charge in [-0.2, -0.15) is 0 Å². The van der Waals surface area contributed by atoms with Crippen LogP contribution in [0.15, 0.2) is 12.3 Å². The number of nitrogens with zero attached hydrogens (tertiary/aromatic N) is 1. The van der Waals surface area contributed by atoms with Gasteiger partial charge in [-0.3, -0.25) is 4.79 Å². The summed E-state index contributed by atoms with van der Waals surface area (Å²) in [5.74, 6) is -0.430. The van der Waals surface area contributed by atoms with Crippen molar-refractivity contribution in [2.24, 2.45) is 5.73 Å². The number of aromatic nitrogens is 1. The number of nitrogens with two attached hydrogens (primary N) is 2. The highest BCUT2D eigenvalue weighted by atomic mass is 16.5. The Labute approximate surface area is 99.9 Å². The second kappa shape index (κ2) is 6.70. The number of carbonyl (C=O) groups excluding carboxylic acids is 1. The first-order valence-electron chi connectivity index (χ1n) is 5.41. The third kappa shape index (κ3) is 4.28. The fraction of sp³-hybridized carbons (Fsp3) is 0.455. The SMILES string of the molecule is CCCOCCOc1ncc(N)cc1C(N)=O. The summed E-state index contributed by atoms with van der Waals surface area (Å²) in [5, 5.41) is 0. The Morgan fingerprint density at radius 1 is 1.41 bits per heavy atom. The van der Waals surface area contributed by atoms with Crippen molar-refractivity contribution in [3.63, 3.8) is 0 Å². The zero-order valence-electron chi connectivity index (χ0n) is 9.81. The van der Waals surface area contributed by atoms with Crippen LogP contribution in [0.2, 0.25) is 0 Å². The molecule has 0 saturated carbocycles. The minimum atomic E-state index is -0.616. The van der Waals surface area contributed by atoms with E-state index in [9.17, 15) is 4.79 Å². The number of carbonyl (C=O) groups is 1. The molecule has 0 aliphatic heterocycles. The van der Waals surface area contributed by atoms with E-state index in [1.165, 1.54) is 12.3 Å². The Balaban J connectivity index is 2.55. The van der Waals surface area contributed by atoms with E-state index in [2.05, 4.69) is 4.98 Å². The zero-order valence-corrected chi connectivity index (χ0v) is 9.81. The second-order valence-electron chi connectivity index (χ2n) is 3.45. The molecule has 94 valence electrons. The van der Waals surface area contributed by atoms with Crippen molar-refractivity contribution in [1.29, 1.82) is 0 Å². The molecule has 0 radical (unpaired) electrons. The maximum Gasteiger partial charge on any atom is 0.254 e. The number of pyridine rings is 1. The number of amides is 1. The van der Waals surface area contributed by atoms with Crippen LogP contribution < -0.4 is 16.2 Å². The van der Waals surface area contributed by atoms with E-state index in [0.29, 0.717) is 25.5 Å². The highest BCUT2D eigenvalue weighted by Gasteiger charge is 2.11. The predicted octanol–water partition coefficient (Wildman–Crippen LogP) is 0.568. The smallest absolute Gasteiger partial charge is 0.254 e. The summed E-state index contributed by atoms with van der Waals surface area (Å²) in [4.78, 5) is 15.0. The number of ether oxygens (including phenoxy) is 2. The van der Waals surface area contributed by atoms with Gasteiger partial charge in [-0.15, -0.1) is 0 Å². The molecule has 0 saturated heterocycles. The van der Waals surface area contributed by atoms with Crippen LogP contribution in [0.1, 0.15) is 23.7 Å². The number of nitrogen functional groups attached to an aromatic ring is 1. The maximum absolute atomic E-state index is 11.1. The Kier molecular flexibility index (Phi) is 5.22. The summed E-state index contributed by atoms with van der Waals surface area (Å²) in [7, 11) is 0. The van der Waals surface area contributed by atoms with Crippen LogP contribution in [0.4, 0.5) is 5.69 Å². The quantitative estimate of drug-likeness (QED) is 0.677. The van der Waals surface area contributed by atoms with Gasteiger partial charge in [0.1, 0.15) is 12.2 Å². The van der Waals surface area contributed by atoms with Crippen molar-refractivity contribution in [3.05, 3.63) is 17.8 Å². The second-order valence-corrected chi connectivity index (χ2v) is 3.45. The topological polar surface area (TPSA) is 100 Å². The fourth-order valence-corrected chi connectivity index (χ4v) is 1.20. The summed E-state index contributed by atoms with van der Waals surface area (Å²) < 4.78 is 10.5. The van der Waals surface area contributed by atoms with E-state index in [1.807, 2.05) is 6.92 Å². The van der Waals surface area contributed by atoms with Gasteiger partial charge in [-0.05, 0) is 12.5 Å². The Hall–Kier alpha value is -1.82. The number of anilines is 1. The number of primary amides is 1. The lowest BCUT2D eigenvalue weighted by Crippen LogP contribution is -2.16. The average molecular weight is 239 g/mol. The van der Waals surface area contributed by atoms with Gasteiger partial charge in [0, 0.05) is 6.61 Å². The van der Waals surface area contributed by atoms with Crippen molar-refractivity contribution >= 4 is 11.6 Å². The van der Waals surface area contributed by atoms with Gasteiger partial charge in [0.15, 0.2) is 0 Å². The minimum absolute atomic E-state index is 0.181. The molecular formula is C11H17N3O3. The molecular weight excluding hydrogens is 222 g/mol. The largest absolute Gasteiger partial charge is 0.475 e. The molecule has 0 atom stereocenters. The molecule has 1 rings (SSSR count). The van der Waals surface area contributed by atoms with Crippen LogP contribution in [0.25, 0.3) is 0 Å². The van der Waals surface area contributed by atoms with Gasteiger partial charge >= 0.3 is 0 Å². The van der Waals surface area contributed by atoms with Crippen molar-refractivity contribution in [3.8, 4) is 5.88 Å². The monoisotopic (exact) mass is 239 g/mol. The molecule has 0 aromatic carbocycles. The van der Waals surface area contributed by atoms with Crippen LogP contribution in [0, 0.1) is 0 Å². The zero-order chi connectivity index (χ0) is 12.7. The summed E-state index contributed by atoms with van der Waals surface area (Å²) >= 11 is 0. The molecule has 0 fully saturated rings. The van der Waals surface area contributed by atoms with E-state index >= 15 is 0 Å². The van der Waals surface area contributed by atoms with Gasteiger partial charge in [0.05, 0.1) is 18.5 Å². The van der Waals surface area contributed by atoms with E-state index in [4.69, 9.17) is 20.9 Å². The van der Waals surface area contributed by atoms with Gasteiger partial charge < -0.3 is 20.9 Å². The summed E-state index contributed by atoms with van der Waals surface area (Å²) in [6, 6.07) is 1.44. The first-order valence-corrected chi connectivity index (χ1v) is 5.41. The fourth-order valence-electron chi connectivity index (χ4n) is 1.20. The number of hydrogen-bond acceptors (Lipinski definition) is 5. The normalized spacial score (nSPS) is 10.2. The van der Waals surface area contributed by atoms with Crippen molar-refractivity contribution in [2.45, 2.75) is 13.3 Å². The van der Waals surface area contributed by atoms with Crippen LogP contribution in [-0.2, 0) is 4.74 Å². The molecule has 0 aliphatic carbocycles. The highest BCUT2D eigenvalue weighted by Crippen LogP contribution is 2.17. The van der Waals surface area contributed by atoms with Crippen molar-refractivity contribution in [1.82, 2.24) is 4.98 Å². The molecule has 1 amide bonds. The Morgan fingerprint density at radius 3 is 2.82 bits per heavy atom. The van der Waals surface area contributed by atoms with Gasteiger partial charge in [-0.25, -0.2) is 4.98 Å². The van der Waals surface area contributed by atoms with Gasteiger partial charge in [0.25, 0.3) is 5.91 Å². The molecule has 0 unspecified atom stereocenters. The standard InChI is InChI=1S/C11H17N3O3/c1-2-3-16-4-5-17-11-9(10(13)15)6-8(12)7-14-11/h6-7H,2-5,12H2,1H3,(H2,13,15). The lowest BCUT2D eigenvalue weighted by atomic mass is 10.2. The minimum Gasteiger partial charge on any atom is -0.475 e. The molecule has 6 heteroatoms. The third-order valence-electron chi connectivity index (χ3n) is 1.95. The highest BCUT2D eigenvalue weighted by molar-refractivity contribution is 5.95. The number of rotatable bonds is 7. The maximum atomic E-state index is 11.1. The molecule has 0 bridgehead atoms. The molecule has 6 nitrogen and oxygen atoms in total. The molecule has 0 spiro atoms. The van der Waals surface area contributed by atoms with Crippen LogP contribution in [-0.4, -0.2) is 30.7 Å². The molecule has 4 N–H and O–H groups in total. The Bertz CT molecular complexity index is 382. The Morgan fingerprint density at radius 2 is 2.18 bits per heavy atom. The third-order valence-corrected chi connectivity index (χ3v) is 1.95. The predicted molar refractivity (Wildman–Crippen MR) is 63.8 cm³/mol. The lowest BCUT2D eigenvalue weighted by molar-refractivity contribution is 0.0945. The average Bonchev–Trinajstić information content (AvgIpc) is 2.30. The van der Waals surface area contributed by atoms with Gasteiger partial charge in [0.2, 0.25) is 5.88 Å². The molecule has 0 aliphatic rings. The first-order chi connectivity index (χ1) is 8.15. The molecule has 17 heavy (non-hydrogen) atoms. The van der Waals surface area contributed by atoms with E-state index in [-0.39, 0.29) is 11.4 Å². The van der Waals surface area contributed by atoms with Crippen LogP contribution >= 0.6 is 0 Å². The van der Waals surface area contributed by atoms with E-state index in [0.717, 1.165) is 6.42 Å². The van der Waals surface area contributed by atoms with E-state index in [1.54, 1.807) is 0 Å². The first kappa shape index (κ1) is 13.2. The van der Waals surface area contributed by atoms with Crippen LogP contribution in [0.5, 0.6) is 5.88 Å². The summed E-state index contributed by atoms with van der Waals surface area (Å²) in [6.45, 7) is 3.46. The summed E-state index contributed by atoms with van der Waals surface area (Å²) in [5.41, 5.74) is 11.2. The number of hydrogen-bond donors (Lipinski definition) is 2.